The van der Waals surface area contributed by atoms with Crippen LogP contribution in [-0.4, -0.2) is 20.6 Å². The molecule has 1 N–H and O–H groups in total. The number of aromatic nitrogens is 2. The number of hydrogen-bond acceptors (Lipinski definition) is 3. The van der Waals surface area contributed by atoms with Crippen LogP contribution < -0.4 is 0 Å². The number of allylic oxidation sites excluding steroid dienone is 2. The van der Waals surface area contributed by atoms with Gasteiger partial charge in [-0.1, -0.05) is 30.7 Å². The zero-order valence-electron chi connectivity index (χ0n) is 16.6. The summed E-state index contributed by atoms with van der Waals surface area (Å²) in [5.74, 6) is -0.266. The normalized spacial score (nSPS) is 23.8. The van der Waals surface area contributed by atoms with Gasteiger partial charge < -0.3 is 5.11 Å². The third-order valence-electron chi connectivity index (χ3n) is 5.55. The molecule has 2 aromatic rings. The number of aliphatic hydroxyl groups is 1. The third kappa shape index (κ3) is 3.28. The molecule has 1 aliphatic rings. The van der Waals surface area contributed by atoms with Gasteiger partial charge in [0.05, 0.1) is 22.0 Å². The summed E-state index contributed by atoms with van der Waals surface area (Å²) in [4.78, 5) is 0. The highest BCUT2D eigenvalue weighted by atomic mass is 35.5. The summed E-state index contributed by atoms with van der Waals surface area (Å²) in [6.45, 7) is 8.63. The molecule has 3 unspecified atom stereocenters. The van der Waals surface area contributed by atoms with Crippen molar-refractivity contribution in [1.82, 2.24) is 9.78 Å². The van der Waals surface area contributed by atoms with Crippen molar-refractivity contribution < 1.29 is 9.50 Å². The Labute approximate surface area is 169 Å². The van der Waals surface area contributed by atoms with Crippen molar-refractivity contribution in [3.8, 4) is 11.8 Å². The summed E-state index contributed by atoms with van der Waals surface area (Å²) >= 11 is 6.16. The Bertz CT molecular complexity index is 1040. The standard InChI is InChI=1S/C22H23ClFN3O/c1-13-6-8-17(11-21(13,4)24)22(5,28)20-14(2)26-27(15(20)3)18-9-7-16(12-25)19(23)10-18/h6-11,13,28H,1-5H3. The van der Waals surface area contributed by atoms with Crippen LogP contribution >= 0.6 is 11.6 Å². The molecule has 0 amide bonds. The second-order valence-electron chi connectivity index (χ2n) is 7.70. The topological polar surface area (TPSA) is 61.8 Å². The molecular weight excluding hydrogens is 377 g/mol. The molecule has 1 heterocycles. The minimum absolute atomic E-state index is 0.266. The summed E-state index contributed by atoms with van der Waals surface area (Å²) in [7, 11) is 0. The zero-order chi connectivity index (χ0) is 20.9. The lowest BCUT2D eigenvalue weighted by atomic mass is 9.78. The average molecular weight is 400 g/mol. The van der Waals surface area contributed by atoms with Crippen molar-refractivity contribution in [2.75, 3.05) is 0 Å². The predicted octanol–water partition coefficient (Wildman–Crippen LogP) is 5.08. The summed E-state index contributed by atoms with van der Waals surface area (Å²) < 4.78 is 16.5. The van der Waals surface area contributed by atoms with E-state index in [0.717, 1.165) is 5.69 Å². The number of nitriles is 1. The molecule has 0 saturated heterocycles. The van der Waals surface area contributed by atoms with E-state index in [1.54, 1.807) is 42.0 Å². The number of nitrogens with zero attached hydrogens (tertiary/aromatic N) is 3. The Kier molecular flexibility index (Phi) is 4.99. The smallest absolute Gasteiger partial charge is 0.133 e. The molecular formula is C22H23ClFN3O. The number of halogens is 2. The Morgan fingerprint density at radius 3 is 2.64 bits per heavy atom. The largest absolute Gasteiger partial charge is 0.381 e. The van der Waals surface area contributed by atoms with Crippen LogP contribution in [0.4, 0.5) is 4.39 Å². The molecule has 3 rings (SSSR count). The molecule has 1 aliphatic carbocycles. The fourth-order valence-corrected chi connectivity index (χ4v) is 3.91. The summed E-state index contributed by atoms with van der Waals surface area (Å²) in [5.41, 5.74) is 0.595. The van der Waals surface area contributed by atoms with Crippen molar-refractivity contribution in [2.45, 2.75) is 45.9 Å². The Balaban J connectivity index is 2.11. The molecule has 0 fully saturated rings. The second-order valence-corrected chi connectivity index (χ2v) is 8.11. The van der Waals surface area contributed by atoms with Gasteiger partial charge in [-0.2, -0.15) is 10.4 Å². The molecule has 6 heteroatoms. The molecule has 0 radical (unpaired) electrons. The number of alkyl halides is 1. The maximum absolute atomic E-state index is 14.8. The van der Waals surface area contributed by atoms with Gasteiger partial charge in [0.15, 0.2) is 0 Å². The number of hydrogen-bond donors (Lipinski definition) is 1. The molecule has 0 spiro atoms. The van der Waals surface area contributed by atoms with E-state index in [1.165, 1.54) is 13.0 Å². The fourth-order valence-electron chi connectivity index (χ4n) is 3.69. The number of aryl methyl sites for hydroxylation is 1. The quantitative estimate of drug-likeness (QED) is 0.782. The summed E-state index contributed by atoms with van der Waals surface area (Å²) in [5, 5.41) is 25.3. The maximum atomic E-state index is 14.8. The molecule has 28 heavy (non-hydrogen) atoms. The monoisotopic (exact) mass is 399 g/mol. The molecule has 0 saturated carbocycles. The van der Waals surface area contributed by atoms with E-state index in [4.69, 9.17) is 16.9 Å². The maximum Gasteiger partial charge on any atom is 0.133 e. The van der Waals surface area contributed by atoms with Gasteiger partial charge >= 0.3 is 0 Å². The molecule has 0 aliphatic heterocycles. The lowest BCUT2D eigenvalue weighted by Crippen LogP contribution is -2.32. The van der Waals surface area contributed by atoms with Gasteiger partial charge in [0.2, 0.25) is 0 Å². The van der Waals surface area contributed by atoms with Crippen LogP contribution in [0.3, 0.4) is 0 Å². The minimum atomic E-state index is -1.54. The lowest BCUT2D eigenvalue weighted by Gasteiger charge is -2.33. The fraction of sp³-hybridized carbons (Fsp3) is 0.364. The van der Waals surface area contributed by atoms with E-state index in [1.807, 2.05) is 26.8 Å². The molecule has 1 aromatic heterocycles. The minimum Gasteiger partial charge on any atom is -0.381 e. The van der Waals surface area contributed by atoms with Gasteiger partial charge in [-0.25, -0.2) is 9.07 Å². The van der Waals surface area contributed by atoms with Crippen LogP contribution in [0.2, 0.25) is 5.02 Å². The van der Waals surface area contributed by atoms with Crippen molar-refractivity contribution in [3.63, 3.8) is 0 Å². The summed E-state index contributed by atoms with van der Waals surface area (Å²) in [6.07, 6.45) is 5.05. The van der Waals surface area contributed by atoms with Crippen molar-refractivity contribution in [1.29, 1.82) is 5.26 Å². The van der Waals surface area contributed by atoms with Gasteiger partial charge in [-0.05, 0) is 57.5 Å². The first kappa shape index (κ1) is 20.3. The molecule has 1 aromatic carbocycles. The van der Waals surface area contributed by atoms with Crippen LogP contribution in [0.25, 0.3) is 5.69 Å². The van der Waals surface area contributed by atoms with E-state index >= 15 is 0 Å². The molecule has 146 valence electrons. The average Bonchev–Trinajstić information content (AvgIpc) is 2.92. The van der Waals surface area contributed by atoms with Crippen LogP contribution in [0.5, 0.6) is 0 Å². The molecule has 0 bridgehead atoms. The van der Waals surface area contributed by atoms with Gasteiger partial charge in [0.1, 0.15) is 17.3 Å². The van der Waals surface area contributed by atoms with E-state index in [0.29, 0.717) is 33.1 Å². The van der Waals surface area contributed by atoms with Gasteiger partial charge in [0.25, 0.3) is 0 Å². The van der Waals surface area contributed by atoms with E-state index in [-0.39, 0.29) is 5.92 Å². The van der Waals surface area contributed by atoms with Crippen molar-refractivity contribution >= 4 is 11.6 Å². The third-order valence-corrected chi connectivity index (χ3v) is 5.86. The number of rotatable bonds is 3. The Morgan fingerprint density at radius 1 is 1.39 bits per heavy atom. The van der Waals surface area contributed by atoms with E-state index in [2.05, 4.69) is 5.10 Å². The SMILES string of the molecule is Cc1nn(-c2ccc(C#N)c(Cl)c2)c(C)c1C(C)(O)C1=CC(C)(F)C(C)C=C1. The van der Waals surface area contributed by atoms with Crippen LogP contribution in [0, 0.1) is 31.1 Å². The van der Waals surface area contributed by atoms with Gasteiger partial charge in [0, 0.05) is 17.2 Å². The van der Waals surface area contributed by atoms with E-state index < -0.39 is 11.3 Å². The van der Waals surface area contributed by atoms with Crippen LogP contribution in [0.1, 0.15) is 43.3 Å². The Hall–Kier alpha value is -2.42. The van der Waals surface area contributed by atoms with Gasteiger partial charge in [-0.15, -0.1) is 0 Å². The van der Waals surface area contributed by atoms with Crippen molar-refractivity contribution in [2.24, 2.45) is 5.92 Å². The first-order chi connectivity index (χ1) is 13.0. The van der Waals surface area contributed by atoms with Crippen molar-refractivity contribution in [3.05, 3.63) is 69.5 Å². The highest BCUT2D eigenvalue weighted by molar-refractivity contribution is 6.31. The highest BCUT2D eigenvalue weighted by Crippen LogP contribution is 2.40. The Morgan fingerprint density at radius 2 is 2.07 bits per heavy atom. The predicted molar refractivity (Wildman–Crippen MR) is 108 cm³/mol. The van der Waals surface area contributed by atoms with Crippen LogP contribution in [0.15, 0.2) is 42.0 Å². The number of benzene rings is 1. The van der Waals surface area contributed by atoms with Gasteiger partial charge in [-0.3, -0.25) is 0 Å². The zero-order valence-corrected chi connectivity index (χ0v) is 17.3. The first-order valence-corrected chi connectivity index (χ1v) is 9.46. The van der Waals surface area contributed by atoms with Crippen LogP contribution in [-0.2, 0) is 5.60 Å². The highest BCUT2D eigenvalue weighted by Gasteiger charge is 2.38. The molecule has 4 nitrogen and oxygen atoms in total. The first-order valence-electron chi connectivity index (χ1n) is 9.08. The summed E-state index contributed by atoms with van der Waals surface area (Å²) in [6, 6.07) is 7.08. The lowest BCUT2D eigenvalue weighted by molar-refractivity contribution is 0.0937. The van der Waals surface area contributed by atoms with E-state index in [9.17, 15) is 9.50 Å². The molecule has 3 atom stereocenters. The second kappa shape index (κ2) is 6.88.